The average molecular weight is 482 g/mol. The summed E-state index contributed by atoms with van der Waals surface area (Å²) >= 11 is 7.03. The molecular weight excluding hydrogens is 462 g/mol. The summed E-state index contributed by atoms with van der Waals surface area (Å²) in [4.78, 5) is 50.5. The minimum atomic E-state index is -0.786. The molecule has 2 aromatic rings. The van der Waals surface area contributed by atoms with E-state index >= 15 is 0 Å². The second-order valence-corrected chi connectivity index (χ2v) is 8.21. The van der Waals surface area contributed by atoms with E-state index in [-0.39, 0.29) is 40.9 Å². The Hall–Kier alpha value is -3.18. The quantitative estimate of drug-likeness (QED) is 0.371. The van der Waals surface area contributed by atoms with Crippen molar-refractivity contribution in [1.29, 1.82) is 0 Å². The Morgan fingerprint density at radius 1 is 1.25 bits per heavy atom. The van der Waals surface area contributed by atoms with Gasteiger partial charge in [0.05, 0.1) is 30.2 Å². The second kappa shape index (κ2) is 9.96. The number of fused-ring (bicyclic) bond motifs is 1. The Morgan fingerprint density at radius 2 is 1.97 bits per heavy atom. The predicted octanol–water partition coefficient (Wildman–Crippen LogP) is 4.25. The number of halogens is 1. The smallest absolute Gasteiger partial charge is 0.410 e. The zero-order valence-corrected chi connectivity index (χ0v) is 18.9. The molecule has 2 heterocycles. The molecule has 0 fully saturated rings. The van der Waals surface area contributed by atoms with E-state index in [1.165, 1.54) is 17.0 Å². The van der Waals surface area contributed by atoms with Crippen LogP contribution in [0.1, 0.15) is 45.0 Å². The SMILES string of the molecule is CCOC(=O)c1c(NC(=O)c2cc(Cl)ccc2[N+](=O)[O-])sc2c1CCN(C(=O)OCC)C2. The number of nitrogens with one attached hydrogen (secondary N) is 1. The molecule has 0 radical (unpaired) electrons. The number of nitro groups is 1. The number of amides is 2. The van der Waals surface area contributed by atoms with Gasteiger partial charge in [-0.15, -0.1) is 11.3 Å². The van der Waals surface area contributed by atoms with Gasteiger partial charge < -0.3 is 19.7 Å². The second-order valence-electron chi connectivity index (χ2n) is 6.67. The first kappa shape index (κ1) is 23.5. The lowest BCUT2D eigenvalue weighted by atomic mass is 10.0. The molecule has 1 aromatic heterocycles. The van der Waals surface area contributed by atoms with Crippen LogP contribution < -0.4 is 5.32 Å². The molecule has 0 bridgehead atoms. The van der Waals surface area contributed by atoms with Crippen molar-refractivity contribution in [2.75, 3.05) is 25.1 Å². The van der Waals surface area contributed by atoms with Crippen molar-refractivity contribution >= 4 is 51.6 Å². The molecule has 1 aromatic carbocycles. The van der Waals surface area contributed by atoms with Crippen LogP contribution in [0.3, 0.4) is 0 Å². The normalized spacial score (nSPS) is 12.7. The number of carbonyl (C=O) groups excluding carboxylic acids is 3. The van der Waals surface area contributed by atoms with Crippen molar-refractivity contribution in [2.45, 2.75) is 26.8 Å². The van der Waals surface area contributed by atoms with E-state index in [0.29, 0.717) is 23.4 Å². The van der Waals surface area contributed by atoms with Crippen molar-refractivity contribution in [1.82, 2.24) is 4.90 Å². The number of nitrogens with zero attached hydrogens (tertiary/aromatic N) is 2. The Bertz CT molecular complexity index is 1090. The summed E-state index contributed by atoms with van der Waals surface area (Å²) in [7, 11) is 0. The number of benzene rings is 1. The predicted molar refractivity (Wildman–Crippen MR) is 117 cm³/mol. The summed E-state index contributed by atoms with van der Waals surface area (Å²) in [6.45, 7) is 4.28. The number of anilines is 1. The minimum absolute atomic E-state index is 0.131. The molecule has 0 unspecified atom stereocenters. The molecule has 12 heteroatoms. The molecule has 0 atom stereocenters. The van der Waals surface area contributed by atoms with Crippen LogP contribution in [0, 0.1) is 10.1 Å². The number of carbonyl (C=O) groups is 3. The van der Waals surface area contributed by atoms with Gasteiger partial charge in [0.15, 0.2) is 0 Å². The largest absolute Gasteiger partial charge is 0.462 e. The molecule has 1 aliphatic rings. The minimum Gasteiger partial charge on any atom is -0.462 e. The summed E-state index contributed by atoms with van der Waals surface area (Å²) in [5, 5.41) is 14.3. The lowest BCUT2D eigenvalue weighted by molar-refractivity contribution is -0.385. The average Bonchev–Trinajstić information content (AvgIpc) is 3.10. The molecule has 2 amide bonds. The summed E-state index contributed by atoms with van der Waals surface area (Å²) in [6.07, 6.45) is -0.101. The first-order valence-electron chi connectivity index (χ1n) is 9.75. The number of hydrogen-bond donors (Lipinski definition) is 1. The number of esters is 1. The summed E-state index contributed by atoms with van der Waals surface area (Å²) in [5.41, 5.74) is 0.203. The lowest BCUT2D eigenvalue weighted by Crippen LogP contribution is -2.36. The maximum absolute atomic E-state index is 12.9. The van der Waals surface area contributed by atoms with Gasteiger partial charge in [0.25, 0.3) is 11.6 Å². The van der Waals surface area contributed by atoms with Gasteiger partial charge in [0.1, 0.15) is 10.6 Å². The van der Waals surface area contributed by atoms with Gasteiger partial charge in [-0.1, -0.05) is 11.6 Å². The fourth-order valence-electron chi connectivity index (χ4n) is 3.30. The van der Waals surface area contributed by atoms with Crippen molar-refractivity contribution < 1.29 is 28.8 Å². The fourth-order valence-corrected chi connectivity index (χ4v) is 4.72. The zero-order valence-electron chi connectivity index (χ0n) is 17.3. The third-order valence-corrected chi connectivity index (χ3v) is 6.06. The molecule has 1 N–H and O–H groups in total. The van der Waals surface area contributed by atoms with Crippen LogP contribution in [-0.2, 0) is 22.4 Å². The first-order chi connectivity index (χ1) is 15.3. The zero-order chi connectivity index (χ0) is 23.4. The van der Waals surface area contributed by atoms with E-state index in [1.807, 2.05) is 0 Å². The van der Waals surface area contributed by atoms with Crippen LogP contribution in [0.25, 0.3) is 0 Å². The van der Waals surface area contributed by atoms with E-state index in [1.54, 1.807) is 13.8 Å². The Kier molecular flexibility index (Phi) is 7.31. The number of ether oxygens (including phenoxy) is 2. The van der Waals surface area contributed by atoms with Gasteiger partial charge >= 0.3 is 12.1 Å². The van der Waals surface area contributed by atoms with Crippen molar-refractivity contribution in [3.63, 3.8) is 0 Å². The molecule has 170 valence electrons. The molecule has 0 spiro atoms. The molecule has 3 rings (SSSR count). The molecule has 0 saturated heterocycles. The third-order valence-electron chi connectivity index (χ3n) is 4.69. The molecule has 0 aliphatic carbocycles. The van der Waals surface area contributed by atoms with Gasteiger partial charge in [0.2, 0.25) is 0 Å². The van der Waals surface area contributed by atoms with Crippen LogP contribution in [0.15, 0.2) is 18.2 Å². The standard InChI is InChI=1S/C20H20ClN3O7S/c1-3-30-19(26)16-12-7-8-23(20(27)31-4-2)10-15(12)32-18(16)22-17(25)13-9-11(21)5-6-14(13)24(28)29/h5-6,9H,3-4,7-8,10H2,1-2H3,(H,22,25). The highest BCUT2D eigenvalue weighted by atomic mass is 35.5. The van der Waals surface area contributed by atoms with Crippen molar-refractivity contribution in [2.24, 2.45) is 0 Å². The number of thiophene rings is 1. The van der Waals surface area contributed by atoms with Gasteiger partial charge in [-0.05, 0) is 38.0 Å². The van der Waals surface area contributed by atoms with E-state index in [0.717, 1.165) is 17.4 Å². The van der Waals surface area contributed by atoms with E-state index in [9.17, 15) is 24.5 Å². The number of nitro benzene ring substituents is 1. The van der Waals surface area contributed by atoms with Crippen LogP contribution in [0.2, 0.25) is 5.02 Å². The van der Waals surface area contributed by atoms with Crippen LogP contribution in [0.5, 0.6) is 0 Å². The van der Waals surface area contributed by atoms with Gasteiger partial charge in [-0.3, -0.25) is 14.9 Å². The monoisotopic (exact) mass is 481 g/mol. The Balaban J connectivity index is 1.97. The summed E-state index contributed by atoms with van der Waals surface area (Å²) in [5.74, 6) is -1.41. The Labute approximate surface area is 192 Å². The highest BCUT2D eigenvalue weighted by Crippen LogP contribution is 2.38. The van der Waals surface area contributed by atoms with E-state index in [2.05, 4.69) is 5.32 Å². The summed E-state index contributed by atoms with van der Waals surface area (Å²) < 4.78 is 10.2. The number of hydrogen-bond acceptors (Lipinski definition) is 8. The van der Waals surface area contributed by atoms with Crippen LogP contribution in [-0.4, -0.2) is 47.6 Å². The van der Waals surface area contributed by atoms with Crippen LogP contribution in [0.4, 0.5) is 15.5 Å². The molecule has 0 saturated carbocycles. The van der Waals surface area contributed by atoms with Crippen LogP contribution >= 0.6 is 22.9 Å². The fraction of sp³-hybridized carbons (Fsp3) is 0.350. The maximum atomic E-state index is 12.9. The number of rotatable bonds is 6. The molecule has 1 aliphatic heterocycles. The highest BCUT2D eigenvalue weighted by Gasteiger charge is 2.32. The van der Waals surface area contributed by atoms with Gasteiger partial charge in [0, 0.05) is 22.5 Å². The first-order valence-corrected chi connectivity index (χ1v) is 10.9. The van der Waals surface area contributed by atoms with Gasteiger partial charge in [-0.25, -0.2) is 9.59 Å². The topological polar surface area (TPSA) is 128 Å². The summed E-state index contributed by atoms with van der Waals surface area (Å²) in [6, 6.07) is 3.64. The van der Waals surface area contributed by atoms with E-state index in [4.69, 9.17) is 21.1 Å². The lowest BCUT2D eigenvalue weighted by Gasteiger charge is -2.26. The third kappa shape index (κ3) is 4.83. The van der Waals surface area contributed by atoms with Crippen molar-refractivity contribution in [3.8, 4) is 0 Å². The van der Waals surface area contributed by atoms with Crippen molar-refractivity contribution in [3.05, 3.63) is 54.9 Å². The highest BCUT2D eigenvalue weighted by molar-refractivity contribution is 7.17. The molecule has 10 nitrogen and oxygen atoms in total. The Morgan fingerprint density at radius 3 is 2.62 bits per heavy atom. The van der Waals surface area contributed by atoms with E-state index < -0.39 is 28.6 Å². The van der Waals surface area contributed by atoms with Gasteiger partial charge in [-0.2, -0.15) is 0 Å². The molecule has 32 heavy (non-hydrogen) atoms. The molecular formula is C20H20ClN3O7S. The maximum Gasteiger partial charge on any atom is 0.410 e.